The van der Waals surface area contributed by atoms with Crippen molar-refractivity contribution >= 4 is 23.4 Å². The third-order valence-electron chi connectivity index (χ3n) is 3.44. The number of H-pyrrole nitrogens is 1. The third kappa shape index (κ3) is 2.85. The van der Waals surface area contributed by atoms with E-state index in [0.29, 0.717) is 11.7 Å². The topological polar surface area (TPSA) is 66.1 Å². The van der Waals surface area contributed by atoms with Gasteiger partial charge in [0.25, 0.3) is 5.56 Å². The highest BCUT2D eigenvalue weighted by molar-refractivity contribution is 8.00. The van der Waals surface area contributed by atoms with Gasteiger partial charge in [0.2, 0.25) is 5.91 Å². The average Bonchev–Trinajstić information content (AvgIpc) is 2.90. The molecule has 2 aromatic rings. The minimum Gasteiger partial charge on any atom is -0.311 e. The summed E-state index contributed by atoms with van der Waals surface area (Å²) in [7, 11) is 0. The first-order valence-electron chi connectivity index (χ1n) is 6.76. The number of thioether (sulfide) groups is 1. The van der Waals surface area contributed by atoms with Gasteiger partial charge in [-0.2, -0.15) is 0 Å². The van der Waals surface area contributed by atoms with E-state index < -0.39 is 0 Å². The number of anilines is 1. The second-order valence-corrected chi connectivity index (χ2v) is 6.20. The van der Waals surface area contributed by atoms with Crippen LogP contribution in [0.5, 0.6) is 0 Å². The van der Waals surface area contributed by atoms with E-state index in [9.17, 15) is 9.59 Å². The Labute approximate surface area is 126 Å². The lowest BCUT2D eigenvalue weighted by Crippen LogP contribution is -2.35. The van der Waals surface area contributed by atoms with Crippen LogP contribution in [0.1, 0.15) is 12.5 Å². The van der Waals surface area contributed by atoms with Gasteiger partial charge in [0, 0.05) is 24.5 Å². The van der Waals surface area contributed by atoms with Gasteiger partial charge in [-0.25, -0.2) is 4.98 Å². The number of carbonyl (C=O) groups excluding carboxylic acids is 1. The molecular weight excluding hydrogens is 286 g/mol. The molecule has 21 heavy (non-hydrogen) atoms. The van der Waals surface area contributed by atoms with E-state index in [1.165, 1.54) is 29.6 Å². The number of para-hydroxylation sites is 1. The molecule has 0 saturated heterocycles. The number of fused-ring (bicyclic) bond motifs is 1. The van der Waals surface area contributed by atoms with E-state index in [2.05, 4.69) is 16.0 Å². The van der Waals surface area contributed by atoms with Gasteiger partial charge in [-0.3, -0.25) is 9.59 Å². The van der Waals surface area contributed by atoms with Crippen LogP contribution in [-0.2, 0) is 11.2 Å². The first-order chi connectivity index (χ1) is 10.1. The molecule has 0 spiro atoms. The molecule has 1 N–H and O–H groups in total. The summed E-state index contributed by atoms with van der Waals surface area (Å²) in [6.07, 6.45) is 2.34. The van der Waals surface area contributed by atoms with Crippen molar-refractivity contribution in [2.45, 2.75) is 23.8 Å². The molecule has 1 amide bonds. The first-order valence-corrected chi connectivity index (χ1v) is 7.64. The number of rotatable bonds is 3. The molecular formula is C15H15N3O2S. The van der Waals surface area contributed by atoms with Crippen LogP contribution in [0, 0.1) is 0 Å². The van der Waals surface area contributed by atoms with Crippen molar-refractivity contribution in [1.29, 1.82) is 0 Å². The smallest absolute Gasteiger partial charge is 0.251 e. The summed E-state index contributed by atoms with van der Waals surface area (Å²) in [6.45, 7) is 2.54. The highest BCUT2D eigenvalue weighted by Gasteiger charge is 2.28. The van der Waals surface area contributed by atoms with E-state index >= 15 is 0 Å². The van der Waals surface area contributed by atoms with E-state index in [0.717, 1.165) is 12.1 Å². The Bertz CT molecular complexity index is 729. The van der Waals surface area contributed by atoms with Gasteiger partial charge in [-0.05, 0) is 25.0 Å². The van der Waals surface area contributed by atoms with Gasteiger partial charge in [-0.15, -0.1) is 0 Å². The van der Waals surface area contributed by atoms with Crippen LogP contribution in [0.15, 0.2) is 46.5 Å². The van der Waals surface area contributed by atoms with E-state index in [1.54, 1.807) is 0 Å². The number of aromatic nitrogens is 2. The zero-order chi connectivity index (χ0) is 14.8. The minimum absolute atomic E-state index is 0.0384. The Morgan fingerprint density at radius 2 is 2.19 bits per heavy atom. The maximum atomic E-state index is 12.6. The molecule has 1 aromatic carbocycles. The van der Waals surface area contributed by atoms with Gasteiger partial charge in [0.1, 0.15) is 0 Å². The van der Waals surface area contributed by atoms with Crippen molar-refractivity contribution in [1.82, 2.24) is 9.97 Å². The van der Waals surface area contributed by atoms with Crippen LogP contribution in [0.3, 0.4) is 0 Å². The van der Waals surface area contributed by atoms with Gasteiger partial charge < -0.3 is 9.88 Å². The predicted molar refractivity (Wildman–Crippen MR) is 82.7 cm³/mol. The van der Waals surface area contributed by atoms with Crippen molar-refractivity contribution < 1.29 is 4.79 Å². The molecule has 108 valence electrons. The van der Waals surface area contributed by atoms with Gasteiger partial charge in [0.15, 0.2) is 5.16 Å². The fourth-order valence-electron chi connectivity index (χ4n) is 2.42. The molecule has 1 aliphatic rings. The molecule has 1 aliphatic heterocycles. The molecule has 5 nitrogen and oxygen atoms in total. The predicted octanol–water partition coefficient (Wildman–Crippen LogP) is 1.84. The number of carbonyl (C=O) groups is 1. The SMILES string of the molecule is C[C@H](Sc1nccc(=O)[nH]1)C(=O)N1CCc2ccccc21. The molecule has 0 unspecified atom stereocenters. The van der Waals surface area contributed by atoms with Crippen LogP contribution in [0.25, 0.3) is 0 Å². The third-order valence-corrected chi connectivity index (χ3v) is 4.42. The van der Waals surface area contributed by atoms with E-state index in [4.69, 9.17) is 0 Å². The normalized spacial score (nSPS) is 14.8. The quantitative estimate of drug-likeness (QED) is 0.694. The summed E-state index contributed by atoms with van der Waals surface area (Å²) in [5.74, 6) is 0.0384. The standard InChI is InChI=1S/C15H15N3O2S/c1-10(21-15-16-8-6-13(19)17-15)14(20)18-9-7-11-4-2-3-5-12(11)18/h2-6,8,10H,7,9H2,1H3,(H,16,17,19)/t10-/m0/s1. The Kier molecular flexibility index (Phi) is 3.79. The number of nitrogens with one attached hydrogen (secondary N) is 1. The summed E-state index contributed by atoms with van der Waals surface area (Å²) in [6, 6.07) is 9.31. The summed E-state index contributed by atoms with van der Waals surface area (Å²) in [5.41, 5.74) is 1.98. The van der Waals surface area contributed by atoms with Crippen LogP contribution < -0.4 is 10.5 Å². The number of hydrogen-bond acceptors (Lipinski definition) is 4. The highest BCUT2D eigenvalue weighted by Crippen LogP contribution is 2.30. The lowest BCUT2D eigenvalue weighted by molar-refractivity contribution is -0.117. The highest BCUT2D eigenvalue weighted by atomic mass is 32.2. The second-order valence-electron chi connectivity index (χ2n) is 4.87. The molecule has 1 aromatic heterocycles. The summed E-state index contributed by atoms with van der Waals surface area (Å²) in [5, 5.41) is 0.164. The zero-order valence-corrected chi connectivity index (χ0v) is 12.4. The van der Waals surface area contributed by atoms with Crippen LogP contribution in [0.4, 0.5) is 5.69 Å². The summed E-state index contributed by atoms with van der Waals surface area (Å²) in [4.78, 5) is 32.4. The first kappa shape index (κ1) is 13.9. The Morgan fingerprint density at radius 1 is 1.38 bits per heavy atom. The zero-order valence-electron chi connectivity index (χ0n) is 11.6. The fourth-order valence-corrected chi connectivity index (χ4v) is 3.26. The molecule has 1 atom stereocenters. The van der Waals surface area contributed by atoms with E-state index in [-0.39, 0.29) is 16.7 Å². The lowest BCUT2D eigenvalue weighted by atomic mass is 10.2. The van der Waals surface area contributed by atoms with Gasteiger partial charge in [-0.1, -0.05) is 30.0 Å². The number of nitrogens with zero attached hydrogens (tertiary/aromatic N) is 2. The maximum Gasteiger partial charge on any atom is 0.251 e. The lowest BCUT2D eigenvalue weighted by Gasteiger charge is -2.20. The Morgan fingerprint density at radius 3 is 3.00 bits per heavy atom. The van der Waals surface area contributed by atoms with Gasteiger partial charge >= 0.3 is 0 Å². The molecule has 0 saturated carbocycles. The maximum absolute atomic E-state index is 12.6. The molecule has 0 bridgehead atoms. The summed E-state index contributed by atoms with van der Waals surface area (Å²) < 4.78 is 0. The monoisotopic (exact) mass is 301 g/mol. The summed E-state index contributed by atoms with van der Waals surface area (Å²) >= 11 is 1.27. The van der Waals surface area contributed by atoms with Crippen LogP contribution >= 0.6 is 11.8 Å². The second kappa shape index (κ2) is 5.73. The molecule has 0 aliphatic carbocycles. The van der Waals surface area contributed by atoms with Crippen LogP contribution in [-0.4, -0.2) is 27.7 Å². The van der Waals surface area contributed by atoms with Crippen molar-refractivity contribution in [3.8, 4) is 0 Å². The molecule has 6 heteroatoms. The fraction of sp³-hybridized carbons (Fsp3) is 0.267. The number of aromatic amines is 1. The molecule has 2 heterocycles. The number of amides is 1. The van der Waals surface area contributed by atoms with Crippen molar-refractivity contribution in [3.63, 3.8) is 0 Å². The Balaban J connectivity index is 1.75. The molecule has 0 fully saturated rings. The minimum atomic E-state index is -0.304. The number of hydrogen-bond donors (Lipinski definition) is 1. The largest absolute Gasteiger partial charge is 0.311 e. The average molecular weight is 301 g/mol. The van der Waals surface area contributed by atoms with Crippen LogP contribution in [0.2, 0.25) is 0 Å². The van der Waals surface area contributed by atoms with Crippen molar-refractivity contribution in [3.05, 3.63) is 52.4 Å². The molecule has 3 rings (SSSR count). The van der Waals surface area contributed by atoms with Gasteiger partial charge in [0.05, 0.1) is 5.25 Å². The number of benzene rings is 1. The Hall–Kier alpha value is -2.08. The van der Waals surface area contributed by atoms with Crippen molar-refractivity contribution in [2.24, 2.45) is 0 Å². The molecule has 0 radical (unpaired) electrons. The van der Waals surface area contributed by atoms with E-state index in [1.807, 2.05) is 30.0 Å². The van der Waals surface area contributed by atoms with Crippen molar-refractivity contribution in [2.75, 3.05) is 11.4 Å².